The van der Waals surface area contributed by atoms with E-state index in [1.807, 2.05) is 0 Å². The van der Waals surface area contributed by atoms with E-state index in [9.17, 15) is 14.0 Å². The van der Waals surface area contributed by atoms with Crippen molar-refractivity contribution in [3.63, 3.8) is 0 Å². The van der Waals surface area contributed by atoms with Crippen LogP contribution in [0.3, 0.4) is 0 Å². The summed E-state index contributed by atoms with van der Waals surface area (Å²) in [7, 11) is 0. The molecule has 0 spiro atoms. The molecule has 0 fully saturated rings. The summed E-state index contributed by atoms with van der Waals surface area (Å²) >= 11 is 0. The Morgan fingerprint density at radius 1 is 1.25 bits per heavy atom. The highest BCUT2D eigenvalue weighted by Gasteiger charge is 2.13. The smallest absolute Gasteiger partial charge is 0.333 e. The zero-order chi connectivity index (χ0) is 15.0. The molecule has 0 heterocycles. The van der Waals surface area contributed by atoms with Crippen LogP contribution in [0.1, 0.15) is 18.9 Å². The first-order chi connectivity index (χ1) is 9.55. The van der Waals surface area contributed by atoms with Crippen molar-refractivity contribution in [1.29, 1.82) is 0 Å². The molecule has 20 heavy (non-hydrogen) atoms. The molecule has 0 aromatic heterocycles. The Hall–Kier alpha value is -2.43. The fourth-order valence-electron chi connectivity index (χ4n) is 1.28. The number of hydrogen-bond donors (Lipinski definition) is 0. The summed E-state index contributed by atoms with van der Waals surface area (Å²) in [5, 5.41) is 0. The van der Waals surface area contributed by atoms with Gasteiger partial charge >= 0.3 is 11.9 Å². The fourth-order valence-corrected chi connectivity index (χ4v) is 1.28. The Morgan fingerprint density at radius 2 is 1.85 bits per heavy atom. The van der Waals surface area contributed by atoms with Gasteiger partial charge in [-0.05, 0) is 23.8 Å². The lowest BCUT2D eigenvalue weighted by Gasteiger charge is -2.14. The second-order valence-corrected chi connectivity index (χ2v) is 3.80. The molecule has 0 N–H and O–H groups in total. The number of benzene rings is 1. The van der Waals surface area contributed by atoms with E-state index in [0.29, 0.717) is 12.0 Å². The minimum Gasteiger partial charge on any atom is -0.422 e. The largest absolute Gasteiger partial charge is 0.422 e. The third-order valence-electron chi connectivity index (χ3n) is 2.28. The number of carbonyl (C=O) groups excluding carboxylic acids is 2. The van der Waals surface area contributed by atoms with Crippen molar-refractivity contribution in [1.82, 2.24) is 0 Å². The zero-order valence-corrected chi connectivity index (χ0v) is 11.0. The second-order valence-electron chi connectivity index (χ2n) is 3.80. The lowest BCUT2D eigenvalue weighted by atomic mass is 10.2. The van der Waals surface area contributed by atoms with E-state index in [4.69, 9.17) is 9.47 Å². The summed E-state index contributed by atoms with van der Waals surface area (Å²) in [5.74, 6) is -1.67. The van der Waals surface area contributed by atoms with Crippen LogP contribution in [0.2, 0.25) is 0 Å². The van der Waals surface area contributed by atoms with E-state index in [0.717, 1.165) is 6.08 Å². The molecule has 0 aliphatic carbocycles. The first kappa shape index (κ1) is 15.6. The predicted octanol–water partition coefficient (Wildman–Crippen LogP) is 2.85. The lowest BCUT2D eigenvalue weighted by Crippen LogP contribution is -2.22. The highest BCUT2D eigenvalue weighted by atomic mass is 19.1. The van der Waals surface area contributed by atoms with Crippen LogP contribution in [0.25, 0.3) is 6.08 Å². The molecule has 5 heteroatoms. The lowest BCUT2D eigenvalue weighted by molar-refractivity contribution is -0.181. The maximum absolute atomic E-state index is 12.7. The van der Waals surface area contributed by atoms with Crippen LogP contribution in [-0.2, 0) is 19.1 Å². The van der Waals surface area contributed by atoms with Crippen molar-refractivity contribution in [3.8, 4) is 0 Å². The van der Waals surface area contributed by atoms with Crippen LogP contribution in [0.4, 0.5) is 4.39 Å². The van der Waals surface area contributed by atoms with Crippen LogP contribution in [0.5, 0.6) is 0 Å². The van der Waals surface area contributed by atoms with Gasteiger partial charge in [0.1, 0.15) is 5.82 Å². The molecule has 0 aliphatic rings. The Kier molecular flexibility index (Phi) is 6.16. The van der Waals surface area contributed by atoms with Crippen LogP contribution in [0.15, 0.2) is 43.0 Å². The Bertz CT molecular complexity index is 505. The Balaban J connectivity index is 2.55. The maximum atomic E-state index is 12.7. The van der Waals surface area contributed by atoms with E-state index in [1.54, 1.807) is 6.92 Å². The third kappa shape index (κ3) is 5.48. The monoisotopic (exact) mass is 278 g/mol. The topological polar surface area (TPSA) is 52.6 Å². The van der Waals surface area contributed by atoms with Gasteiger partial charge in [-0.3, -0.25) is 0 Å². The summed E-state index contributed by atoms with van der Waals surface area (Å²) in [6, 6.07) is 5.61. The summed E-state index contributed by atoms with van der Waals surface area (Å²) in [6.07, 6.45) is 3.02. The maximum Gasteiger partial charge on any atom is 0.333 e. The molecule has 4 nitrogen and oxygen atoms in total. The van der Waals surface area contributed by atoms with Crippen molar-refractivity contribution >= 4 is 18.0 Å². The van der Waals surface area contributed by atoms with Crippen molar-refractivity contribution < 1.29 is 23.5 Å². The van der Waals surface area contributed by atoms with Crippen molar-refractivity contribution in [3.05, 3.63) is 54.4 Å². The van der Waals surface area contributed by atoms with Crippen LogP contribution in [-0.4, -0.2) is 18.2 Å². The molecule has 0 saturated carbocycles. The Morgan fingerprint density at radius 3 is 2.40 bits per heavy atom. The van der Waals surface area contributed by atoms with Gasteiger partial charge in [-0.25, -0.2) is 14.0 Å². The number of ether oxygens (including phenoxy) is 2. The minimum absolute atomic E-state index is 0.329. The van der Waals surface area contributed by atoms with Gasteiger partial charge in [0.2, 0.25) is 6.29 Å². The molecule has 0 saturated heterocycles. The van der Waals surface area contributed by atoms with Crippen molar-refractivity contribution in [2.45, 2.75) is 19.6 Å². The number of halogens is 1. The molecule has 1 aromatic rings. The average molecular weight is 278 g/mol. The van der Waals surface area contributed by atoms with Gasteiger partial charge in [0.15, 0.2) is 0 Å². The third-order valence-corrected chi connectivity index (χ3v) is 2.28. The van der Waals surface area contributed by atoms with Crippen molar-refractivity contribution in [2.75, 3.05) is 0 Å². The molecule has 0 bridgehead atoms. The molecule has 0 aliphatic heterocycles. The quantitative estimate of drug-likeness (QED) is 0.456. The standard InChI is InChI=1S/C15H15FO4/c1-3-13(17)19-15(4-2)20-14(18)10-7-11-5-8-12(16)9-6-11/h3,5-10,15H,1,4H2,2H3/b10-7+. The highest BCUT2D eigenvalue weighted by molar-refractivity contribution is 5.87. The molecule has 106 valence electrons. The Labute approximate surface area is 116 Å². The molecule has 1 unspecified atom stereocenters. The SMILES string of the molecule is C=CC(=O)OC(CC)OC(=O)/C=C/c1ccc(F)cc1. The van der Waals surface area contributed by atoms with Gasteiger partial charge in [0.25, 0.3) is 0 Å². The average Bonchev–Trinajstić information content (AvgIpc) is 2.45. The molecular formula is C15H15FO4. The van der Waals surface area contributed by atoms with E-state index in [1.165, 1.54) is 36.4 Å². The highest BCUT2D eigenvalue weighted by Crippen LogP contribution is 2.06. The van der Waals surface area contributed by atoms with Crippen LogP contribution in [0, 0.1) is 5.82 Å². The second kappa shape index (κ2) is 7.89. The van der Waals surface area contributed by atoms with Gasteiger partial charge < -0.3 is 9.47 Å². The first-order valence-electron chi connectivity index (χ1n) is 6.02. The molecule has 1 atom stereocenters. The summed E-state index contributed by atoms with van der Waals surface area (Å²) in [4.78, 5) is 22.5. The molecule has 1 rings (SSSR count). The minimum atomic E-state index is -0.953. The first-order valence-corrected chi connectivity index (χ1v) is 6.02. The molecule has 0 radical (unpaired) electrons. The van der Waals surface area contributed by atoms with E-state index in [-0.39, 0.29) is 5.82 Å². The van der Waals surface area contributed by atoms with E-state index >= 15 is 0 Å². The van der Waals surface area contributed by atoms with E-state index < -0.39 is 18.2 Å². The molecular weight excluding hydrogens is 263 g/mol. The zero-order valence-electron chi connectivity index (χ0n) is 11.0. The summed E-state index contributed by atoms with van der Waals surface area (Å²) in [5.41, 5.74) is 0.652. The summed E-state index contributed by atoms with van der Waals surface area (Å²) in [6.45, 7) is 4.96. The number of esters is 2. The number of rotatable bonds is 6. The van der Waals surface area contributed by atoms with Gasteiger partial charge in [-0.15, -0.1) is 0 Å². The normalized spacial score (nSPS) is 11.9. The van der Waals surface area contributed by atoms with Crippen LogP contribution >= 0.6 is 0 Å². The number of carbonyl (C=O) groups is 2. The predicted molar refractivity (Wildman–Crippen MR) is 71.9 cm³/mol. The van der Waals surface area contributed by atoms with E-state index in [2.05, 4.69) is 6.58 Å². The molecule has 1 aromatic carbocycles. The van der Waals surface area contributed by atoms with Crippen LogP contribution < -0.4 is 0 Å². The van der Waals surface area contributed by atoms with Gasteiger partial charge in [0, 0.05) is 18.6 Å². The fraction of sp³-hybridized carbons (Fsp3) is 0.200. The van der Waals surface area contributed by atoms with Crippen molar-refractivity contribution in [2.24, 2.45) is 0 Å². The van der Waals surface area contributed by atoms with Gasteiger partial charge in [-0.1, -0.05) is 25.6 Å². The molecule has 0 amide bonds. The van der Waals surface area contributed by atoms with Gasteiger partial charge in [0.05, 0.1) is 0 Å². The summed E-state index contributed by atoms with van der Waals surface area (Å²) < 4.78 is 22.4. The number of hydrogen-bond acceptors (Lipinski definition) is 4. The van der Waals surface area contributed by atoms with Gasteiger partial charge in [-0.2, -0.15) is 0 Å².